The second-order valence-corrected chi connectivity index (χ2v) is 6.74. The zero-order valence-corrected chi connectivity index (χ0v) is 16.3. The molecule has 0 aliphatic heterocycles. The maximum Gasteiger partial charge on any atom is 0.279 e. The van der Waals surface area contributed by atoms with Crippen molar-refractivity contribution in [1.82, 2.24) is 14.9 Å². The largest absolute Gasteiger partial charge is 0.294 e. The topological polar surface area (TPSA) is 58.5 Å². The molecule has 5 nitrogen and oxygen atoms in total. The van der Waals surface area contributed by atoms with Crippen molar-refractivity contribution in [3.63, 3.8) is 0 Å². The Balaban J connectivity index is 1.77. The van der Waals surface area contributed by atoms with Crippen LogP contribution in [0.3, 0.4) is 0 Å². The number of nitrogens with zero attached hydrogens (tertiary/aromatic N) is 4. The molecule has 0 saturated carbocycles. The van der Waals surface area contributed by atoms with Crippen LogP contribution in [0.4, 0.5) is 5.69 Å². The predicted octanol–water partition coefficient (Wildman–Crippen LogP) is 4.79. The third-order valence-electron chi connectivity index (χ3n) is 4.62. The van der Waals surface area contributed by atoms with Crippen LogP contribution < -0.4 is 0 Å². The van der Waals surface area contributed by atoms with Gasteiger partial charge in [0.25, 0.3) is 5.91 Å². The number of aliphatic imine (C=N–C) groups is 1. The van der Waals surface area contributed by atoms with Crippen LogP contribution in [0.1, 0.15) is 21.7 Å². The number of carbonyl (C=O) groups excluding carboxylic acids is 1. The number of carbonyl (C=O) groups is 1. The van der Waals surface area contributed by atoms with Gasteiger partial charge in [0.2, 0.25) is 0 Å². The summed E-state index contributed by atoms with van der Waals surface area (Å²) >= 11 is 0. The van der Waals surface area contributed by atoms with Crippen LogP contribution in [0.2, 0.25) is 0 Å². The third kappa shape index (κ3) is 4.04. The van der Waals surface area contributed by atoms with E-state index < -0.39 is 0 Å². The minimum atomic E-state index is -0.263. The van der Waals surface area contributed by atoms with E-state index in [0.717, 1.165) is 27.7 Å². The van der Waals surface area contributed by atoms with Gasteiger partial charge in [-0.1, -0.05) is 60.7 Å². The number of amidine groups is 1. The van der Waals surface area contributed by atoms with Gasteiger partial charge in [0, 0.05) is 18.8 Å². The summed E-state index contributed by atoms with van der Waals surface area (Å²) in [7, 11) is 1.71. The summed E-state index contributed by atoms with van der Waals surface area (Å²) in [4.78, 5) is 27.7. The molecule has 3 aromatic carbocycles. The maximum atomic E-state index is 13.0. The average molecular weight is 380 g/mol. The Kier molecular flexibility index (Phi) is 5.12. The van der Waals surface area contributed by atoms with Crippen LogP contribution >= 0.6 is 0 Å². The summed E-state index contributed by atoms with van der Waals surface area (Å²) in [6, 6.07) is 23.8. The number of rotatable bonds is 3. The highest BCUT2D eigenvalue weighted by Gasteiger charge is 2.20. The van der Waals surface area contributed by atoms with Crippen LogP contribution in [-0.2, 0) is 0 Å². The number of hydrogen-bond donors (Lipinski definition) is 0. The molecular formula is C24H20N4O. The molecular weight excluding hydrogens is 360 g/mol. The quantitative estimate of drug-likeness (QED) is 0.379. The van der Waals surface area contributed by atoms with Crippen LogP contribution in [-0.4, -0.2) is 33.7 Å². The fraction of sp³-hybridized carbons (Fsp3) is 0.0833. The molecule has 0 radical (unpaired) electrons. The van der Waals surface area contributed by atoms with Crippen molar-refractivity contribution in [2.75, 3.05) is 7.05 Å². The zero-order valence-electron chi connectivity index (χ0n) is 16.3. The van der Waals surface area contributed by atoms with Crippen molar-refractivity contribution in [2.24, 2.45) is 4.99 Å². The Morgan fingerprint density at radius 3 is 2.31 bits per heavy atom. The SMILES string of the molecule is Cc1cnc(C(=O)N(C)C(=Nc2ccc3ccccc3c2)c2ccccc2)cn1. The molecule has 0 bridgehead atoms. The fourth-order valence-corrected chi connectivity index (χ4v) is 3.06. The smallest absolute Gasteiger partial charge is 0.279 e. The molecule has 0 aliphatic rings. The summed E-state index contributed by atoms with van der Waals surface area (Å²) in [6.07, 6.45) is 3.08. The van der Waals surface area contributed by atoms with Crippen molar-refractivity contribution in [2.45, 2.75) is 6.92 Å². The lowest BCUT2D eigenvalue weighted by Crippen LogP contribution is -2.34. The van der Waals surface area contributed by atoms with Crippen molar-refractivity contribution in [3.8, 4) is 0 Å². The predicted molar refractivity (Wildman–Crippen MR) is 115 cm³/mol. The normalized spacial score (nSPS) is 11.4. The number of aromatic nitrogens is 2. The monoisotopic (exact) mass is 380 g/mol. The van der Waals surface area contributed by atoms with E-state index in [1.54, 1.807) is 13.2 Å². The van der Waals surface area contributed by atoms with Gasteiger partial charge in [-0.25, -0.2) is 9.98 Å². The molecule has 29 heavy (non-hydrogen) atoms. The minimum Gasteiger partial charge on any atom is -0.294 e. The van der Waals surface area contributed by atoms with Gasteiger partial charge in [-0.2, -0.15) is 0 Å². The van der Waals surface area contributed by atoms with Gasteiger partial charge in [-0.15, -0.1) is 0 Å². The molecule has 4 aromatic rings. The first-order chi connectivity index (χ1) is 14.1. The van der Waals surface area contributed by atoms with E-state index in [4.69, 9.17) is 4.99 Å². The van der Waals surface area contributed by atoms with Crippen molar-refractivity contribution >= 4 is 28.2 Å². The molecule has 0 N–H and O–H groups in total. The molecule has 0 atom stereocenters. The highest BCUT2D eigenvalue weighted by Crippen LogP contribution is 2.23. The van der Waals surface area contributed by atoms with E-state index >= 15 is 0 Å². The second-order valence-electron chi connectivity index (χ2n) is 6.74. The van der Waals surface area contributed by atoms with Crippen molar-refractivity contribution < 1.29 is 4.79 Å². The zero-order chi connectivity index (χ0) is 20.2. The Hall–Kier alpha value is -3.86. The van der Waals surface area contributed by atoms with Crippen molar-refractivity contribution in [1.29, 1.82) is 0 Å². The van der Waals surface area contributed by atoms with Gasteiger partial charge in [0.1, 0.15) is 11.5 Å². The van der Waals surface area contributed by atoms with Crippen LogP contribution in [0.5, 0.6) is 0 Å². The van der Waals surface area contributed by atoms with Gasteiger partial charge < -0.3 is 0 Å². The highest BCUT2D eigenvalue weighted by molar-refractivity contribution is 6.12. The average Bonchev–Trinajstić information content (AvgIpc) is 2.77. The summed E-state index contributed by atoms with van der Waals surface area (Å²) in [5, 5.41) is 2.24. The lowest BCUT2D eigenvalue weighted by Gasteiger charge is -2.19. The number of benzene rings is 3. The van der Waals surface area contributed by atoms with E-state index in [1.807, 2.05) is 73.7 Å². The molecule has 4 rings (SSSR count). The Morgan fingerprint density at radius 2 is 1.59 bits per heavy atom. The molecule has 0 aliphatic carbocycles. The first-order valence-corrected chi connectivity index (χ1v) is 9.31. The lowest BCUT2D eigenvalue weighted by molar-refractivity contribution is 0.0865. The summed E-state index contributed by atoms with van der Waals surface area (Å²) in [5.41, 5.74) is 2.66. The molecule has 0 spiro atoms. The number of aryl methyl sites for hydroxylation is 1. The summed E-state index contributed by atoms with van der Waals surface area (Å²) in [5.74, 6) is 0.286. The minimum absolute atomic E-state index is 0.263. The molecule has 0 fully saturated rings. The maximum absolute atomic E-state index is 13.0. The van der Waals surface area contributed by atoms with Crippen molar-refractivity contribution in [3.05, 3.63) is 102 Å². The lowest BCUT2D eigenvalue weighted by atomic mass is 10.1. The van der Waals surface area contributed by atoms with Gasteiger partial charge >= 0.3 is 0 Å². The Bertz CT molecular complexity index is 1180. The van der Waals surface area contributed by atoms with Gasteiger partial charge in [0.05, 0.1) is 17.6 Å². The van der Waals surface area contributed by atoms with E-state index in [0.29, 0.717) is 5.84 Å². The van der Waals surface area contributed by atoms with Gasteiger partial charge in [0.15, 0.2) is 0 Å². The van der Waals surface area contributed by atoms with E-state index in [9.17, 15) is 4.79 Å². The molecule has 1 heterocycles. The molecule has 1 aromatic heterocycles. The first kappa shape index (κ1) is 18.5. The summed E-state index contributed by atoms with van der Waals surface area (Å²) in [6.45, 7) is 1.83. The van der Waals surface area contributed by atoms with E-state index in [1.165, 1.54) is 11.1 Å². The van der Waals surface area contributed by atoms with Crippen LogP contribution in [0.25, 0.3) is 10.8 Å². The van der Waals surface area contributed by atoms with E-state index in [2.05, 4.69) is 16.0 Å². The third-order valence-corrected chi connectivity index (χ3v) is 4.62. The van der Waals surface area contributed by atoms with Gasteiger partial charge in [-0.05, 0) is 29.8 Å². The fourth-order valence-electron chi connectivity index (χ4n) is 3.06. The molecule has 0 saturated heterocycles. The number of amides is 1. The van der Waals surface area contributed by atoms with E-state index in [-0.39, 0.29) is 11.6 Å². The molecule has 5 heteroatoms. The molecule has 1 amide bonds. The number of fused-ring (bicyclic) bond motifs is 1. The first-order valence-electron chi connectivity index (χ1n) is 9.31. The van der Waals surface area contributed by atoms with Gasteiger partial charge in [-0.3, -0.25) is 14.7 Å². The second kappa shape index (κ2) is 8.02. The highest BCUT2D eigenvalue weighted by atomic mass is 16.2. The Morgan fingerprint density at radius 1 is 0.862 bits per heavy atom. The molecule has 142 valence electrons. The molecule has 0 unspecified atom stereocenters. The standard InChI is InChI=1S/C24H20N4O/c1-17-15-26-22(16-25-17)24(29)28(2)23(19-9-4-3-5-10-19)27-21-13-12-18-8-6-7-11-20(18)14-21/h3-16H,1-2H3. The summed E-state index contributed by atoms with van der Waals surface area (Å²) < 4.78 is 0. The van der Waals surface area contributed by atoms with Crippen LogP contribution in [0.15, 0.2) is 90.2 Å². The number of hydrogen-bond acceptors (Lipinski definition) is 4. The Labute approximate surface area is 169 Å². The van der Waals surface area contributed by atoms with Crippen LogP contribution in [0, 0.1) is 6.92 Å².